The summed E-state index contributed by atoms with van der Waals surface area (Å²) in [7, 11) is 3.38. The standard InChI is InChI=1S/C24H31N5O2.HI/c1-6-31-23-14-20(12-13-22(23)30-5)27-24(25-4)26-15-21-17(2)28-29(18(21)3)16-19-10-8-7-9-11-19;/h7-14H,6,15-16H2,1-5H3,(H2,25,26,27);1H. The topological polar surface area (TPSA) is 72.7 Å². The van der Waals surface area contributed by atoms with Crippen LogP contribution in [0.25, 0.3) is 0 Å². The van der Waals surface area contributed by atoms with Gasteiger partial charge in [-0.05, 0) is 38.5 Å². The predicted molar refractivity (Wildman–Crippen MR) is 141 cm³/mol. The van der Waals surface area contributed by atoms with Gasteiger partial charge >= 0.3 is 0 Å². The van der Waals surface area contributed by atoms with E-state index in [2.05, 4.69) is 51.5 Å². The molecule has 2 aromatic carbocycles. The van der Waals surface area contributed by atoms with Gasteiger partial charge in [0, 0.05) is 36.6 Å². The highest BCUT2D eigenvalue weighted by molar-refractivity contribution is 14.0. The number of guanidine groups is 1. The van der Waals surface area contributed by atoms with Crippen LogP contribution in [0.3, 0.4) is 0 Å². The second kappa shape index (κ2) is 12.3. The molecule has 3 rings (SSSR count). The molecule has 7 nitrogen and oxygen atoms in total. The van der Waals surface area contributed by atoms with Crippen molar-refractivity contribution in [2.45, 2.75) is 33.9 Å². The first-order valence-electron chi connectivity index (χ1n) is 10.4. The van der Waals surface area contributed by atoms with Crippen molar-refractivity contribution in [2.24, 2.45) is 4.99 Å². The van der Waals surface area contributed by atoms with Gasteiger partial charge in [0.15, 0.2) is 17.5 Å². The van der Waals surface area contributed by atoms with Crippen LogP contribution in [0.4, 0.5) is 5.69 Å². The second-order valence-corrected chi connectivity index (χ2v) is 7.14. The van der Waals surface area contributed by atoms with E-state index < -0.39 is 0 Å². The average Bonchev–Trinajstić information content (AvgIpc) is 3.04. The Bertz CT molecular complexity index is 1030. The summed E-state index contributed by atoms with van der Waals surface area (Å²) < 4.78 is 13.1. The summed E-state index contributed by atoms with van der Waals surface area (Å²) in [4.78, 5) is 4.35. The van der Waals surface area contributed by atoms with Gasteiger partial charge in [-0.2, -0.15) is 5.10 Å². The van der Waals surface area contributed by atoms with Gasteiger partial charge in [0.25, 0.3) is 0 Å². The highest BCUT2D eigenvalue weighted by Gasteiger charge is 2.13. The van der Waals surface area contributed by atoms with Crippen LogP contribution in [-0.4, -0.2) is 36.5 Å². The molecular formula is C24H32IN5O2. The molecule has 0 aliphatic rings. The molecule has 0 aliphatic heterocycles. The molecule has 32 heavy (non-hydrogen) atoms. The van der Waals surface area contributed by atoms with Crippen LogP contribution >= 0.6 is 24.0 Å². The molecular weight excluding hydrogens is 517 g/mol. The Hall–Kier alpha value is -2.75. The van der Waals surface area contributed by atoms with Crippen molar-refractivity contribution in [3.63, 3.8) is 0 Å². The molecule has 0 bridgehead atoms. The van der Waals surface area contributed by atoms with Crippen molar-refractivity contribution >= 4 is 35.6 Å². The minimum absolute atomic E-state index is 0. The number of ether oxygens (including phenoxy) is 2. The van der Waals surface area contributed by atoms with E-state index in [1.807, 2.05) is 38.1 Å². The maximum Gasteiger partial charge on any atom is 0.195 e. The molecule has 0 atom stereocenters. The number of hydrogen-bond acceptors (Lipinski definition) is 4. The van der Waals surface area contributed by atoms with Gasteiger partial charge in [0.2, 0.25) is 0 Å². The quantitative estimate of drug-likeness (QED) is 0.241. The molecule has 2 N–H and O–H groups in total. The molecule has 1 aromatic heterocycles. The minimum atomic E-state index is 0. The Morgan fingerprint density at radius 2 is 1.84 bits per heavy atom. The number of methoxy groups -OCH3 is 1. The number of nitrogens with zero attached hydrogens (tertiary/aromatic N) is 3. The first-order chi connectivity index (χ1) is 15.0. The number of aryl methyl sites for hydroxylation is 1. The van der Waals surface area contributed by atoms with Crippen LogP contribution < -0.4 is 20.1 Å². The summed E-state index contributed by atoms with van der Waals surface area (Å²) >= 11 is 0. The molecule has 0 fully saturated rings. The van der Waals surface area contributed by atoms with Crippen molar-refractivity contribution in [1.29, 1.82) is 0 Å². The molecule has 0 radical (unpaired) electrons. The molecule has 0 spiro atoms. The van der Waals surface area contributed by atoms with Crippen LogP contribution in [0.2, 0.25) is 0 Å². The lowest BCUT2D eigenvalue weighted by atomic mass is 10.2. The summed E-state index contributed by atoms with van der Waals surface area (Å²) in [5.74, 6) is 2.06. The van der Waals surface area contributed by atoms with Gasteiger partial charge in [-0.15, -0.1) is 24.0 Å². The third-order valence-electron chi connectivity index (χ3n) is 5.09. The second-order valence-electron chi connectivity index (χ2n) is 7.14. The fraction of sp³-hybridized carbons (Fsp3) is 0.333. The Morgan fingerprint density at radius 1 is 1.09 bits per heavy atom. The van der Waals surface area contributed by atoms with Crippen molar-refractivity contribution in [1.82, 2.24) is 15.1 Å². The molecule has 3 aromatic rings. The maximum atomic E-state index is 5.66. The highest BCUT2D eigenvalue weighted by atomic mass is 127. The van der Waals surface area contributed by atoms with E-state index in [1.54, 1.807) is 14.2 Å². The van der Waals surface area contributed by atoms with Gasteiger partial charge in [0.1, 0.15) is 0 Å². The van der Waals surface area contributed by atoms with E-state index in [4.69, 9.17) is 14.6 Å². The van der Waals surface area contributed by atoms with Crippen LogP contribution in [0.1, 0.15) is 29.4 Å². The van der Waals surface area contributed by atoms with Gasteiger partial charge in [0.05, 0.1) is 26.0 Å². The van der Waals surface area contributed by atoms with Gasteiger partial charge < -0.3 is 20.1 Å². The van der Waals surface area contributed by atoms with E-state index in [-0.39, 0.29) is 24.0 Å². The van der Waals surface area contributed by atoms with Crippen LogP contribution in [0.5, 0.6) is 11.5 Å². The number of benzene rings is 2. The van der Waals surface area contributed by atoms with Crippen molar-refractivity contribution < 1.29 is 9.47 Å². The first kappa shape index (κ1) is 25.5. The van der Waals surface area contributed by atoms with E-state index in [0.717, 1.165) is 23.6 Å². The van der Waals surface area contributed by atoms with Crippen molar-refractivity contribution in [2.75, 3.05) is 26.1 Å². The third kappa shape index (κ3) is 6.38. The Morgan fingerprint density at radius 3 is 2.50 bits per heavy atom. The third-order valence-corrected chi connectivity index (χ3v) is 5.09. The van der Waals surface area contributed by atoms with Crippen molar-refractivity contribution in [3.05, 3.63) is 71.0 Å². The van der Waals surface area contributed by atoms with Crippen LogP contribution in [0.15, 0.2) is 53.5 Å². The SMILES string of the molecule is CCOc1cc(NC(=NC)NCc2c(C)nn(Cc3ccccc3)c2C)ccc1OC.I. The number of aromatic nitrogens is 2. The fourth-order valence-corrected chi connectivity index (χ4v) is 3.41. The predicted octanol–water partition coefficient (Wildman–Crippen LogP) is 4.76. The van der Waals surface area contributed by atoms with E-state index >= 15 is 0 Å². The lowest BCUT2D eigenvalue weighted by Gasteiger charge is -2.15. The van der Waals surface area contributed by atoms with Crippen molar-refractivity contribution in [3.8, 4) is 11.5 Å². The highest BCUT2D eigenvalue weighted by Crippen LogP contribution is 2.30. The lowest BCUT2D eigenvalue weighted by Crippen LogP contribution is -2.30. The summed E-state index contributed by atoms with van der Waals surface area (Å²) in [6.07, 6.45) is 0. The van der Waals surface area contributed by atoms with Crippen LogP contribution in [-0.2, 0) is 13.1 Å². The summed E-state index contributed by atoms with van der Waals surface area (Å²) in [5, 5.41) is 11.4. The molecule has 0 saturated carbocycles. The first-order valence-corrected chi connectivity index (χ1v) is 10.4. The zero-order valence-electron chi connectivity index (χ0n) is 19.3. The number of anilines is 1. The van der Waals surface area contributed by atoms with Gasteiger partial charge in [-0.3, -0.25) is 9.67 Å². The zero-order chi connectivity index (χ0) is 22.2. The number of hydrogen-bond donors (Lipinski definition) is 2. The number of aliphatic imine (C=N–C) groups is 1. The van der Waals surface area contributed by atoms with Gasteiger partial charge in [-0.25, -0.2) is 0 Å². The normalized spacial score (nSPS) is 11.0. The molecule has 0 amide bonds. The smallest absolute Gasteiger partial charge is 0.195 e. The monoisotopic (exact) mass is 549 g/mol. The van der Waals surface area contributed by atoms with Gasteiger partial charge in [-0.1, -0.05) is 30.3 Å². The van der Waals surface area contributed by atoms with E-state index in [9.17, 15) is 0 Å². The van der Waals surface area contributed by atoms with E-state index in [0.29, 0.717) is 30.6 Å². The molecule has 172 valence electrons. The Labute approximate surface area is 207 Å². The molecule has 0 unspecified atom stereocenters. The number of rotatable bonds is 8. The Balaban J connectivity index is 0.00000363. The number of halogens is 1. The molecule has 8 heteroatoms. The largest absolute Gasteiger partial charge is 0.493 e. The lowest BCUT2D eigenvalue weighted by molar-refractivity contribution is 0.311. The molecule has 0 aliphatic carbocycles. The average molecular weight is 549 g/mol. The zero-order valence-corrected chi connectivity index (χ0v) is 21.6. The fourth-order valence-electron chi connectivity index (χ4n) is 3.41. The van der Waals surface area contributed by atoms with Crippen LogP contribution in [0, 0.1) is 13.8 Å². The Kier molecular flexibility index (Phi) is 9.83. The minimum Gasteiger partial charge on any atom is -0.493 e. The number of nitrogens with one attached hydrogen (secondary N) is 2. The molecule has 1 heterocycles. The van der Waals surface area contributed by atoms with E-state index in [1.165, 1.54) is 11.1 Å². The summed E-state index contributed by atoms with van der Waals surface area (Å²) in [5.41, 5.74) is 5.43. The summed E-state index contributed by atoms with van der Waals surface area (Å²) in [6.45, 7) is 8.04. The molecule has 0 saturated heterocycles. The maximum absolute atomic E-state index is 5.66. The summed E-state index contributed by atoms with van der Waals surface area (Å²) in [6, 6.07) is 16.1.